The molecule has 0 radical (unpaired) electrons. The second-order valence-corrected chi connectivity index (χ2v) is 18.2. The van der Waals surface area contributed by atoms with E-state index in [-0.39, 0.29) is 10.8 Å². The fourth-order valence-corrected chi connectivity index (χ4v) is 14.3. The molecule has 0 bridgehead atoms. The third-order valence-corrected chi connectivity index (χ3v) is 15.8. The van der Waals surface area contributed by atoms with Gasteiger partial charge >= 0.3 is 0 Å². The second kappa shape index (κ2) is 8.96. The van der Waals surface area contributed by atoms with Crippen LogP contribution in [0, 0.1) is 0 Å². The highest BCUT2D eigenvalue weighted by Crippen LogP contribution is 2.52. The highest BCUT2D eigenvalue weighted by Gasteiger charge is 2.54. The van der Waals surface area contributed by atoms with Crippen LogP contribution < -0.4 is 25.6 Å². The first-order valence-electron chi connectivity index (χ1n) is 16.2. The summed E-state index contributed by atoms with van der Waals surface area (Å²) in [4.78, 5) is 2.52. The number of para-hydroxylation sites is 2. The Labute approximate surface area is 267 Å². The van der Waals surface area contributed by atoms with E-state index in [1.54, 1.807) is 5.19 Å². The molecule has 0 saturated heterocycles. The van der Waals surface area contributed by atoms with E-state index in [1.165, 1.54) is 71.6 Å². The van der Waals surface area contributed by atoms with Crippen LogP contribution in [0.25, 0.3) is 22.3 Å². The molecule has 45 heavy (non-hydrogen) atoms. The van der Waals surface area contributed by atoms with Crippen molar-refractivity contribution in [3.63, 3.8) is 0 Å². The Morgan fingerprint density at radius 2 is 0.956 bits per heavy atom. The van der Waals surface area contributed by atoms with Crippen molar-refractivity contribution < 1.29 is 0 Å². The van der Waals surface area contributed by atoms with Crippen molar-refractivity contribution in [2.24, 2.45) is 0 Å². The van der Waals surface area contributed by atoms with Crippen molar-refractivity contribution in [3.05, 3.63) is 150 Å². The number of nitrogens with zero attached hydrogens (tertiary/aromatic N) is 1. The van der Waals surface area contributed by atoms with Crippen LogP contribution in [0.5, 0.6) is 0 Å². The Bertz CT molecular complexity index is 2100. The molecule has 6 aromatic carbocycles. The fraction of sp³-hybridized carbons (Fsp3) is 0.163. The van der Waals surface area contributed by atoms with Crippen LogP contribution in [0.1, 0.15) is 51.3 Å². The summed E-state index contributed by atoms with van der Waals surface area (Å²) in [5.41, 5.74) is 13.5. The van der Waals surface area contributed by atoms with Gasteiger partial charge in [0.15, 0.2) is 8.07 Å². The summed E-state index contributed by atoms with van der Waals surface area (Å²) in [6, 6.07) is 51.2. The molecule has 9 rings (SSSR count). The lowest BCUT2D eigenvalue weighted by Gasteiger charge is -2.42. The summed E-state index contributed by atoms with van der Waals surface area (Å²) >= 11 is 0. The van der Waals surface area contributed by atoms with Crippen molar-refractivity contribution >= 4 is 45.9 Å². The van der Waals surface area contributed by atoms with Crippen molar-refractivity contribution in [2.45, 2.75) is 45.4 Å². The Hall–Kier alpha value is -4.66. The van der Waals surface area contributed by atoms with Crippen LogP contribution in [0.2, 0.25) is 0 Å². The molecule has 0 aliphatic carbocycles. The Morgan fingerprint density at radius 3 is 1.53 bits per heavy atom. The lowest BCUT2D eigenvalue weighted by atomic mass is 9.73. The van der Waals surface area contributed by atoms with Gasteiger partial charge in [0, 0.05) is 11.1 Å². The van der Waals surface area contributed by atoms with E-state index >= 15 is 0 Å². The van der Waals surface area contributed by atoms with Crippen molar-refractivity contribution in [3.8, 4) is 22.3 Å². The average Bonchev–Trinajstić information content (AvgIpc) is 3.51. The van der Waals surface area contributed by atoms with Crippen LogP contribution in [0.15, 0.2) is 133 Å². The maximum absolute atomic E-state index is 2.60. The van der Waals surface area contributed by atoms with E-state index in [0.29, 0.717) is 0 Å². The molecule has 0 atom stereocenters. The van der Waals surface area contributed by atoms with Gasteiger partial charge in [-0.25, -0.2) is 0 Å². The van der Waals surface area contributed by atoms with Gasteiger partial charge in [-0.05, 0) is 89.4 Å². The van der Waals surface area contributed by atoms with Gasteiger partial charge in [0.25, 0.3) is 0 Å². The molecule has 3 aliphatic heterocycles. The molecule has 0 aromatic heterocycles. The lowest BCUT2D eigenvalue weighted by molar-refractivity contribution is 0.591. The average molecular weight is 596 g/mol. The van der Waals surface area contributed by atoms with Crippen LogP contribution in [-0.4, -0.2) is 8.07 Å². The minimum Gasteiger partial charge on any atom is -0.310 e. The Morgan fingerprint density at radius 1 is 0.489 bits per heavy atom. The molecular weight excluding hydrogens is 559 g/mol. The number of anilines is 3. The van der Waals surface area contributed by atoms with E-state index in [9.17, 15) is 0 Å². The molecule has 3 aliphatic rings. The van der Waals surface area contributed by atoms with E-state index in [1.807, 2.05) is 0 Å². The molecular formula is C43H37NSi. The van der Waals surface area contributed by atoms with Crippen LogP contribution in [0.3, 0.4) is 0 Å². The summed E-state index contributed by atoms with van der Waals surface area (Å²) in [6.45, 7) is 11.7. The van der Waals surface area contributed by atoms with Gasteiger partial charge in [0.05, 0.1) is 11.4 Å². The van der Waals surface area contributed by atoms with Gasteiger partial charge in [0.2, 0.25) is 0 Å². The van der Waals surface area contributed by atoms with Crippen LogP contribution >= 0.6 is 0 Å². The summed E-state index contributed by atoms with van der Waals surface area (Å²) in [5.74, 6) is 0. The van der Waals surface area contributed by atoms with Gasteiger partial charge in [-0.2, -0.15) is 0 Å². The number of benzene rings is 6. The molecule has 2 heteroatoms. The normalized spacial score (nSPS) is 16.0. The Kier molecular flexibility index (Phi) is 5.32. The third kappa shape index (κ3) is 3.38. The van der Waals surface area contributed by atoms with Gasteiger partial charge in [-0.3, -0.25) is 0 Å². The van der Waals surface area contributed by atoms with Gasteiger partial charge < -0.3 is 4.90 Å². The highest BCUT2D eigenvalue weighted by atomic mass is 28.3. The van der Waals surface area contributed by atoms with Gasteiger partial charge in [-0.1, -0.05) is 144 Å². The number of hydrogen-bond donors (Lipinski definition) is 0. The monoisotopic (exact) mass is 595 g/mol. The zero-order valence-electron chi connectivity index (χ0n) is 26.6. The van der Waals surface area contributed by atoms with E-state index in [0.717, 1.165) is 0 Å². The molecule has 0 amide bonds. The van der Waals surface area contributed by atoms with Crippen molar-refractivity contribution in [1.29, 1.82) is 0 Å². The number of hydrogen-bond acceptors (Lipinski definition) is 1. The maximum Gasteiger partial charge on any atom is 0.182 e. The first kappa shape index (κ1) is 26.7. The SMILES string of the molecule is CC(C)(C)c1ccc2c(c1)[Si]1(c3ccccc3-c3ccccc31)c1cc(N3c4ccccc4C(C)(C)c4ccccc43)ccc1-2. The largest absolute Gasteiger partial charge is 0.310 e. The standard InChI is InChI=1S/C43H37NSi/c1-42(2,3)28-22-24-32-33-25-23-29(44-36-18-10-8-16-34(36)43(4,5)35-17-9-11-19-37(35)44)27-41(33)45(40(32)26-28)38-20-12-6-14-30(38)31-15-7-13-21-39(31)45/h6-27H,1-5H3. The summed E-state index contributed by atoms with van der Waals surface area (Å²) in [6.07, 6.45) is 0. The van der Waals surface area contributed by atoms with Crippen LogP contribution in [0.4, 0.5) is 17.1 Å². The predicted octanol–water partition coefficient (Wildman–Crippen LogP) is 8.43. The summed E-state index contributed by atoms with van der Waals surface area (Å²) in [5, 5.41) is 6.10. The van der Waals surface area contributed by atoms with Crippen molar-refractivity contribution in [2.75, 3.05) is 4.90 Å². The first-order valence-corrected chi connectivity index (χ1v) is 18.2. The molecule has 0 unspecified atom stereocenters. The minimum absolute atomic E-state index is 0.0657. The lowest BCUT2D eigenvalue weighted by Crippen LogP contribution is -2.70. The third-order valence-electron chi connectivity index (χ3n) is 10.8. The molecule has 0 N–H and O–H groups in total. The minimum atomic E-state index is -2.60. The maximum atomic E-state index is 2.58. The Balaban J connectivity index is 1.38. The molecule has 218 valence electrons. The van der Waals surface area contributed by atoms with Gasteiger partial charge in [0.1, 0.15) is 0 Å². The number of fused-ring (bicyclic) bond motifs is 12. The smallest absolute Gasteiger partial charge is 0.182 e. The predicted molar refractivity (Wildman–Crippen MR) is 194 cm³/mol. The van der Waals surface area contributed by atoms with Crippen molar-refractivity contribution in [1.82, 2.24) is 0 Å². The van der Waals surface area contributed by atoms with E-state index in [4.69, 9.17) is 0 Å². The molecule has 3 heterocycles. The summed E-state index contributed by atoms with van der Waals surface area (Å²) in [7, 11) is -2.60. The quantitative estimate of drug-likeness (QED) is 0.172. The van der Waals surface area contributed by atoms with Gasteiger partial charge in [-0.15, -0.1) is 0 Å². The number of rotatable bonds is 1. The first-order chi connectivity index (χ1) is 21.7. The highest BCUT2D eigenvalue weighted by molar-refractivity contribution is 7.24. The zero-order valence-corrected chi connectivity index (χ0v) is 27.6. The molecule has 0 fully saturated rings. The van der Waals surface area contributed by atoms with E-state index < -0.39 is 8.07 Å². The fourth-order valence-electron chi connectivity index (χ4n) is 8.68. The molecule has 1 nitrogen and oxygen atoms in total. The topological polar surface area (TPSA) is 3.24 Å². The molecule has 6 aromatic rings. The molecule has 1 spiro atoms. The molecule has 0 saturated carbocycles. The summed E-state index contributed by atoms with van der Waals surface area (Å²) < 4.78 is 0. The van der Waals surface area contributed by atoms with Crippen LogP contribution in [-0.2, 0) is 10.8 Å². The second-order valence-electron chi connectivity index (χ2n) is 14.6. The zero-order chi connectivity index (χ0) is 30.7. The van der Waals surface area contributed by atoms with E-state index in [2.05, 4.69) is 173 Å².